The summed E-state index contributed by atoms with van der Waals surface area (Å²) in [5.74, 6) is -0.440. The molecule has 1 aromatic heterocycles. The van der Waals surface area contributed by atoms with Crippen molar-refractivity contribution in [3.8, 4) is 0 Å². The molecule has 0 unspecified atom stereocenters. The SMILES string of the molecule is O=C(O)Cc1ncc(C2CC2)c(=O)[nH]1. The topological polar surface area (TPSA) is 83.0 Å². The van der Waals surface area contributed by atoms with Gasteiger partial charge in [0.05, 0.1) is 0 Å². The van der Waals surface area contributed by atoms with Crippen molar-refractivity contribution in [1.29, 1.82) is 0 Å². The maximum Gasteiger partial charge on any atom is 0.311 e. The van der Waals surface area contributed by atoms with Crippen LogP contribution in [0.5, 0.6) is 0 Å². The van der Waals surface area contributed by atoms with E-state index < -0.39 is 5.97 Å². The largest absolute Gasteiger partial charge is 0.481 e. The number of carboxylic acids is 1. The molecule has 74 valence electrons. The number of aliphatic carboxylic acids is 1. The number of nitrogens with one attached hydrogen (secondary N) is 1. The highest BCUT2D eigenvalue weighted by Gasteiger charge is 2.26. The molecular weight excluding hydrogens is 184 g/mol. The second-order valence-electron chi connectivity index (χ2n) is 3.46. The molecule has 1 heterocycles. The van der Waals surface area contributed by atoms with Gasteiger partial charge in [0.15, 0.2) is 0 Å². The fourth-order valence-electron chi connectivity index (χ4n) is 1.36. The van der Waals surface area contributed by atoms with Crippen LogP contribution in [-0.4, -0.2) is 21.0 Å². The van der Waals surface area contributed by atoms with Gasteiger partial charge in [-0.25, -0.2) is 4.98 Å². The van der Waals surface area contributed by atoms with E-state index in [-0.39, 0.29) is 17.8 Å². The molecule has 1 aliphatic rings. The summed E-state index contributed by atoms with van der Waals surface area (Å²) in [7, 11) is 0. The van der Waals surface area contributed by atoms with Crippen molar-refractivity contribution >= 4 is 5.97 Å². The summed E-state index contributed by atoms with van der Waals surface area (Å²) < 4.78 is 0. The molecule has 1 aliphatic carbocycles. The van der Waals surface area contributed by atoms with Crippen LogP contribution in [0.15, 0.2) is 11.0 Å². The first-order chi connectivity index (χ1) is 6.66. The van der Waals surface area contributed by atoms with Crippen LogP contribution in [-0.2, 0) is 11.2 Å². The first-order valence-electron chi connectivity index (χ1n) is 4.46. The van der Waals surface area contributed by atoms with Crippen molar-refractivity contribution in [2.24, 2.45) is 0 Å². The van der Waals surface area contributed by atoms with E-state index in [1.54, 1.807) is 0 Å². The Morgan fingerprint density at radius 2 is 2.36 bits per heavy atom. The molecule has 0 radical (unpaired) electrons. The molecule has 1 saturated carbocycles. The molecule has 0 amide bonds. The van der Waals surface area contributed by atoms with E-state index in [0.717, 1.165) is 12.8 Å². The summed E-state index contributed by atoms with van der Waals surface area (Å²) in [4.78, 5) is 28.1. The summed E-state index contributed by atoms with van der Waals surface area (Å²) >= 11 is 0. The minimum atomic E-state index is -0.993. The lowest BCUT2D eigenvalue weighted by Gasteiger charge is -1.98. The zero-order chi connectivity index (χ0) is 10.1. The maximum absolute atomic E-state index is 11.4. The van der Waals surface area contributed by atoms with Gasteiger partial charge in [0.1, 0.15) is 12.2 Å². The van der Waals surface area contributed by atoms with E-state index in [9.17, 15) is 9.59 Å². The average molecular weight is 194 g/mol. The van der Waals surface area contributed by atoms with E-state index in [0.29, 0.717) is 11.5 Å². The van der Waals surface area contributed by atoms with Gasteiger partial charge in [-0.1, -0.05) is 0 Å². The third kappa shape index (κ3) is 1.81. The average Bonchev–Trinajstić information content (AvgIpc) is 2.86. The van der Waals surface area contributed by atoms with Crippen LogP contribution in [0, 0.1) is 0 Å². The number of aromatic amines is 1. The third-order valence-electron chi connectivity index (χ3n) is 2.22. The summed E-state index contributed by atoms with van der Waals surface area (Å²) in [6.07, 6.45) is 3.32. The first-order valence-corrected chi connectivity index (χ1v) is 4.46. The predicted molar refractivity (Wildman–Crippen MR) is 48.2 cm³/mol. The van der Waals surface area contributed by atoms with Crippen LogP contribution in [0.1, 0.15) is 30.1 Å². The van der Waals surface area contributed by atoms with Gasteiger partial charge in [0.2, 0.25) is 0 Å². The van der Waals surface area contributed by atoms with E-state index in [1.165, 1.54) is 6.20 Å². The number of aromatic nitrogens is 2. The Balaban J connectivity index is 2.26. The van der Waals surface area contributed by atoms with Gasteiger partial charge in [0, 0.05) is 11.8 Å². The van der Waals surface area contributed by atoms with E-state index in [4.69, 9.17) is 5.11 Å². The van der Waals surface area contributed by atoms with E-state index in [1.807, 2.05) is 0 Å². The van der Waals surface area contributed by atoms with Crippen LogP contribution in [0.4, 0.5) is 0 Å². The fourth-order valence-corrected chi connectivity index (χ4v) is 1.36. The van der Waals surface area contributed by atoms with Gasteiger partial charge in [-0.05, 0) is 18.8 Å². The number of H-pyrrole nitrogens is 1. The zero-order valence-corrected chi connectivity index (χ0v) is 7.49. The molecule has 0 aliphatic heterocycles. The highest BCUT2D eigenvalue weighted by Crippen LogP contribution is 2.37. The molecule has 0 aromatic carbocycles. The van der Waals surface area contributed by atoms with Crippen LogP contribution < -0.4 is 5.56 Å². The number of carboxylic acid groups (broad SMARTS) is 1. The molecule has 2 N–H and O–H groups in total. The molecule has 0 saturated heterocycles. The van der Waals surface area contributed by atoms with Gasteiger partial charge in [-0.2, -0.15) is 0 Å². The van der Waals surface area contributed by atoms with Crippen LogP contribution in [0.3, 0.4) is 0 Å². The molecule has 1 aromatic rings. The Morgan fingerprint density at radius 3 is 2.86 bits per heavy atom. The Bertz CT molecular complexity index is 420. The number of rotatable bonds is 3. The van der Waals surface area contributed by atoms with E-state index in [2.05, 4.69) is 9.97 Å². The number of hydrogen-bond acceptors (Lipinski definition) is 3. The Hall–Kier alpha value is -1.65. The summed E-state index contributed by atoms with van der Waals surface area (Å²) in [5.41, 5.74) is 0.484. The van der Waals surface area contributed by atoms with Crippen LogP contribution in [0.25, 0.3) is 0 Å². The minimum Gasteiger partial charge on any atom is -0.481 e. The highest BCUT2D eigenvalue weighted by molar-refractivity contribution is 5.68. The molecule has 5 heteroatoms. The Labute approximate surface area is 79.8 Å². The number of carbonyl (C=O) groups is 1. The van der Waals surface area contributed by atoms with Crippen molar-refractivity contribution in [3.63, 3.8) is 0 Å². The lowest BCUT2D eigenvalue weighted by atomic mass is 10.2. The molecule has 0 atom stereocenters. The van der Waals surface area contributed by atoms with Crippen LogP contribution in [0.2, 0.25) is 0 Å². The summed E-state index contributed by atoms with van der Waals surface area (Å²) in [5, 5.41) is 8.49. The first kappa shape index (κ1) is 8.93. The molecular formula is C9H10N2O3. The molecule has 14 heavy (non-hydrogen) atoms. The molecule has 2 rings (SSSR count). The van der Waals surface area contributed by atoms with Gasteiger partial charge >= 0.3 is 5.97 Å². The molecule has 0 bridgehead atoms. The molecule has 1 fully saturated rings. The van der Waals surface area contributed by atoms with E-state index >= 15 is 0 Å². The smallest absolute Gasteiger partial charge is 0.311 e. The predicted octanol–water partition coefficient (Wildman–Crippen LogP) is 0.274. The summed E-state index contributed by atoms with van der Waals surface area (Å²) in [6, 6.07) is 0. The number of nitrogens with zero attached hydrogens (tertiary/aromatic N) is 1. The second kappa shape index (κ2) is 3.25. The Morgan fingerprint density at radius 1 is 1.64 bits per heavy atom. The zero-order valence-electron chi connectivity index (χ0n) is 7.49. The fraction of sp³-hybridized carbons (Fsp3) is 0.444. The minimum absolute atomic E-state index is 0.196. The van der Waals surface area contributed by atoms with Gasteiger partial charge in [-0.3, -0.25) is 9.59 Å². The van der Waals surface area contributed by atoms with Crippen LogP contribution >= 0.6 is 0 Å². The quantitative estimate of drug-likeness (QED) is 0.723. The highest BCUT2D eigenvalue weighted by atomic mass is 16.4. The standard InChI is InChI=1S/C9H10N2O3/c12-8(13)3-7-10-4-6(5-1-2-5)9(14)11-7/h4-5H,1-3H2,(H,12,13)(H,10,11,14). The third-order valence-corrected chi connectivity index (χ3v) is 2.22. The van der Waals surface area contributed by atoms with Gasteiger partial charge in [0.25, 0.3) is 5.56 Å². The lowest BCUT2D eigenvalue weighted by Crippen LogP contribution is -2.17. The summed E-state index contributed by atoms with van der Waals surface area (Å²) in [6.45, 7) is 0. The molecule has 5 nitrogen and oxygen atoms in total. The van der Waals surface area contributed by atoms with Crippen molar-refractivity contribution in [2.45, 2.75) is 25.2 Å². The Kier molecular flexibility index (Phi) is 2.07. The van der Waals surface area contributed by atoms with Crippen molar-refractivity contribution in [3.05, 3.63) is 27.9 Å². The second-order valence-corrected chi connectivity index (χ2v) is 3.46. The van der Waals surface area contributed by atoms with Gasteiger partial charge < -0.3 is 10.1 Å². The van der Waals surface area contributed by atoms with Crippen molar-refractivity contribution in [2.75, 3.05) is 0 Å². The van der Waals surface area contributed by atoms with Crippen molar-refractivity contribution in [1.82, 2.24) is 9.97 Å². The lowest BCUT2D eigenvalue weighted by molar-refractivity contribution is -0.136. The molecule has 0 spiro atoms. The van der Waals surface area contributed by atoms with Crippen molar-refractivity contribution < 1.29 is 9.90 Å². The number of hydrogen-bond donors (Lipinski definition) is 2. The monoisotopic (exact) mass is 194 g/mol. The normalized spacial score (nSPS) is 15.4. The maximum atomic E-state index is 11.4. The van der Waals surface area contributed by atoms with Gasteiger partial charge in [-0.15, -0.1) is 0 Å².